The first kappa shape index (κ1) is 14.5. The number of hydrogen-bond acceptors (Lipinski definition) is 4. The van der Waals surface area contributed by atoms with E-state index in [1.54, 1.807) is 6.07 Å². The zero-order valence-electron chi connectivity index (χ0n) is 12.4. The van der Waals surface area contributed by atoms with Crippen LogP contribution in [0.4, 0.5) is 0 Å². The third-order valence-corrected chi connectivity index (χ3v) is 3.97. The molecule has 1 fully saturated rings. The Morgan fingerprint density at radius 3 is 3.05 bits per heavy atom. The van der Waals surface area contributed by atoms with E-state index in [1.807, 2.05) is 31.2 Å². The largest absolute Gasteiger partial charge is 0.381 e. The number of pyridine rings is 1. The zero-order valence-corrected chi connectivity index (χ0v) is 12.4. The Morgan fingerprint density at radius 1 is 1.45 bits per heavy atom. The molecular formula is C17H17N3O2. The van der Waals surface area contributed by atoms with E-state index < -0.39 is 6.04 Å². The van der Waals surface area contributed by atoms with Gasteiger partial charge in [0.25, 0.3) is 5.91 Å². The number of carbonyl (C=O) groups excluding carboxylic acids is 1. The molecular weight excluding hydrogens is 278 g/mol. The molecule has 0 radical (unpaired) electrons. The van der Waals surface area contributed by atoms with Gasteiger partial charge in [-0.15, -0.1) is 0 Å². The average Bonchev–Trinajstić information content (AvgIpc) is 3.06. The first-order chi connectivity index (χ1) is 10.7. The topological polar surface area (TPSA) is 75.0 Å². The van der Waals surface area contributed by atoms with E-state index >= 15 is 0 Å². The van der Waals surface area contributed by atoms with Crippen LogP contribution in [0.25, 0.3) is 10.9 Å². The maximum Gasteiger partial charge on any atom is 0.254 e. The number of benzene rings is 1. The number of nitriles is 1. The fourth-order valence-corrected chi connectivity index (χ4v) is 2.72. The summed E-state index contributed by atoms with van der Waals surface area (Å²) in [5.41, 5.74) is 2.02. The van der Waals surface area contributed by atoms with Crippen molar-refractivity contribution in [3.8, 4) is 6.07 Å². The number of hydrogen-bond donors (Lipinski definition) is 1. The van der Waals surface area contributed by atoms with Crippen molar-refractivity contribution in [1.82, 2.24) is 10.3 Å². The summed E-state index contributed by atoms with van der Waals surface area (Å²) < 4.78 is 5.30. The Labute approximate surface area is 128 Å². The van der Waals surface area contributed by atoms with E-state index in [4.69, 9.17) is 4.74 Å². The zero-order chi connectivity index (χ0) is 15.5. The standard InChI is InChI=1S/C17H17N3O2/c1-11-5-6-12-3-2-4-14(16(12)19-11)17(21)20-15(9-18)13-7-8-22-10-13/h2-6,13,15H,7-8,10H2,1H3,(H,20,21)/t13-,15-/m1/s1. The lowest BCUT2D eigenvalue weighted by Crippen LogP contribution is -2.39. The predicted octanol–water partition coefficient (Wildman–Crippen LogP) is 2.20. The van der Waals surface area contributed by atoms with Gasteiger partial charge in [0.2, 0.25) is 0 Å². The molecule has 0 spiro atoms. The van der Waals surface area contributed by atoms with Crippen LogP contribution in [-0.4, -0.2) is 30.1 Å². The number of ether oxygens (including phenoxy) is 1. The van der Waals surface area contributed by atoms with Crippen LogP contribution in [0, 0.1) is 24.2 Å². The van der Waals surface area contributed by atoms with Crippen LogP contribution in [0.2, 0.25) is 0 Å². The van der Waals surface area contributed by atoms with Crippen LogP contribution < -0.4 is 5.32 Å². The number of amides is 1. The van der Waals surface area contributed by atoms with Crippen molar-refractivity contribution in [2.45, 2.75) is 19.4 Å². The number of nitrogens with zero attached hydrogens (tertiary/aromatic N) is 2. The molecule has 1 aromatic carbocycles. The van der Waals surface area contributed by atoms with E-state index in [1.165, 1.54) is 0 Å². The number of rotatable bonds is 3. The molecule has 1 aliphatic rings. The first-order valence-corrected chi connectivity index (χ1v) is 7.33. The summed E-state index contributed by atoms with van der Waals surface area (Å²) in [5, 5.41) is 13.0. The van der Waals surface area contributed by atoms with Gasteiger partial charge in [0, 0.05) is 23.6 Å². The van der Waals surface area contributed by atoms with Gasteiger partial charge in [0.05, 0.1) is 23.8 Å². The van der Waals surface area contributed by atoms with Crippen LogP contribution in [-0.2, 0) is 4.74 Å². The predicted molar refractivity (Wildman–Crippen MR) is 82.3 cm³/mol. The van der Waals surface area contributed by atoms with Gasteiger partial charge in [-0.1, -0.05) is 18.2 Å². The Hall–Kier alpha value is -2.45. The van der Waals surface area contributed by atoms with Gasteiger partial charge in [-0.25, -0.2) is 0 Å². The molecule has 22 heavy (non-hydrogen) atoms. The first-order valence-electron chi connectivity index (χ1n) is 7.33. The number of aryl methyl sites for hydroxylation is 1. The molecule has 0 saturated carbocycles. The molecule has 0 aliphatic carbocycles. The molecule has 3 rings (SSSR count). The maximum atomic E-state index is 12.6. The summed E-state index contributed by atoms with van der Waals surface area (Å²) in [6, 6.07) is 11.0. The summed E-state index contributed by atoms with van der Waals surface area (Å²) in [4.78, 5) is 17.0. The van der Waals surface area contributed by atoms with Crippen molar-refractivity contribution in [2.24, 2.45) is 5.92 Å². The quantitative estimate of drug-likeness (QED) is 0.942. The Bertz CT molecular complexity index is 745. The van der Waals surface area contributed by atoms with Crippen molar-refractivity contribution in [3.05, 3.63) is 41.6 Å². The fraction of sp³-hybridized carbons (Fsp3) is 0.353. The van der Waals surface area contributed by atoms with Crippen molar-refractivity contribution in [2.75, 3.05) is 13.2 Å². The van der Waals surface area contributed by atoms with E-state index in [0.29, 0.717) is 24.3 Å². The van der Waals surface area contributed by atoms with Crippen molar-refractivity contribution >= 4 is 16.8 Å². The minimum absolute atomic E-state index is 0.0543. The third-order valence-electron chi connectivity index (χ3n) is 3.97. The minimum Gasteiger partial charge on any atom is -0.381 e. The molecule has 1 saturated heterocycles. The lowest BCUT2D eigenvalue weighted by molar-refractivity contribution is 0.0932. The second-order valence-electron chi connectivity index (χ2n) is 5.53. The molecule has 5 nitrogen and oxygen atoms in total. The molecule has 1 N–H and O–H groups in total. The molecule has 1 aliphatic heterocycles. The highest BCUT2D eigenvalue weighted by molar-refractivity contribution is 6.05. The molecule has 1 aromatic heterocycles. The molecule has 2 atom stereocenters. The lowest BCUT2D eigenvalue weighted by atomic mass is 9.99. The third kappa shape index (κ3) is 2.78. The SMILES string of the molecule is Cc1ccc2cccc(C(=O)N[C@H](C#N)[C@@H]3CCOC3)c2n1. The average molecular weight is 295 g/mol. The van der Waals surface area contributed by atoms with E-state index in [2.05, 4.69) is 16.4 Å². The number of aromatic nitrogens is 1. The van der Waals surface area contributed by atoms with Gasteiger partial charge in [0.1, 0.15) is 6.04 Å². The van der Waals surface area contributed by atoms with E-state index in [-0.39, 0.29) is 11.8 Å². The minimum atomic E-state index is -0.532. The van der Waals surface area contributed by atoms with Crippen molar-refractivity contribution < 1.29 is 9.53 Å². The van der Waals surface area contributed by atoms with Crippen molar-refractivity contribution in [3.63, 3.8) is 0 Å². The fourth-order valence-electron chi connectivity index (χ4n) is 2.72. The van der Waals surface area contributed by atoms with Gasteiger partial charge in [-0.3, -0.25) is 9.78 Å². The molecule has 5 heteroatoms. The van der Waals surface area contributed by atoms with Gasteiger partial charge in [-0.05, 0) is 25.5 Å². The van der Waals surface area contributed by atoms with Gasteiger partial charge in [0.15, 0.2) is 0 Å². The van der Waals surface area contributed by atoms with Gasteiger partial charge >= 0.3 is 0 Å². The van der Waals surface area contributed by atoms with Crippen LogP contribution in [0.5, 0.6) is 0 Å². The Balaban J connectivity index is 1.88. The van der Waals surface area contributed by atoms with Crippen LogP contribution in [0.3, 0.4) is 0 Å². The number of nitrogens with one attached hydrogen (secondary N) is 1. The van der Waals surface area contributed by atoms with Crippen LogP contribution in [0.15, 0.2) is 30.3 Å². The Morgan fingerprint density at radius 2 is 2.32 bits per heavy atom. The summed E-state index contributed by atoms with van der Waals surface area (Å²) in [7, 11) is 0. The molecule has 0 bridgehead atoms. The second kappa shape index (κ2) is 6.12. The molecule has 2 aromatic rings. The molecule has 112 valence electrons. The second-order valence-corrected chi connectivity index (χ2v) is 5.53. The van der Waals surface area contributed by atoms with Gasteiger partial charge in [-0.2, -0.15) is 5.26 Å². The van der Waals surface area contributed by atoms with E-state index in [9.17, 15) is 10.1 Å². The Kier molecular flexibility index (Phi) is 4.03. The maximum absolute atomic E-state index is 12.6. The summed E-state index contributed by atoms with van der Waals surface area (Å²) in [6.45, 7) is 3.06. The van der Waals surface area contributed by atoms with Crippen LogP contribution in [0.1, 0.15) is 22.5 Å². The molecule has 2 heterocycles. The number of carbonyl (C=O) groups is 1. The van der Waals surface area contributed by atoms with Gasteiger partial charge < -0.3 is 10.1 Å². The molecule has 1 amide bonds. The highest BCUT2D eigenvalue weighted by Gasteiger charge is 2.27. The molecule has 0 unspecified atom stereocenters. The number of para-hydroxylation sites is 1. The summed E-state index contributed by atoms with van der Waals surface area (Å²) in [5.74, 6) is -0.208. The number of fused-ring (bicyclic) bond motifs is 1. The summed E-state index contributed by atoms with van der Waals surface area (Å²) >= 11 is 0. The highest BCUT2D eigenvalue weighted by Crippen LogP contribution is 2.20. The summed E-state index contributed by atoms with van der Waals surface area (Å²) in [6.07, 6.45) is 0.797. The smallest absolute Gasteiger partial charge is 0.254 e. The van der Waals surface area contributed by atoms with Crippen molar-refractivity contribution in [1.29, 1.82) is 5.26 Å². The normalized spacial score (nSPS) is 18.8. The lowest BCUT2D eigenvalue weighted by Gasteiger charge is -2.17. The van der Waals surface area contributed by atoms with E-state index in [0.717, 1.165) is 17.5 Å². The monoisotopic (exact) mass is 295 g/mol. The van der Waals surface area contributed by atoms with Crippen LogP contribution >= 0.6 is 0 Å². The highest BCUT2D eigenvalue weighted by atomic mass is 16.5.